The van der Waals surface area contributed by atoms with Crippen molar-refractivity contribution in [1.82, 2.24) is 14.9 Å². The minimum Gasteiger partial charge on any atom is -0.375 e. The van der Waals surface area contributed by atoms with E-state index in [2.05, 4.69) is 16.0 Å². The molecule has 1 N–H and O–H groups in total. The molecule has 0 spiro atoms. The molecule has 2 aromatic heterocycles. The molecule has 1 aliphatic heterocycles. The Morgan fingerprint density at radius 1 is 1.55 bits per heavy atom. The summed E-state index contributed by atoms with van der Waals surface area (Å²) in [6.07, 6.45) is 6.75. The van der Waals surface area contributed by atoms with Crippen molar-refractivity contribution in [2.75, 3.05) is 26.8 Å². The first-order valence-electron chi connectivity index (χ1n) is 6.68. The second-order valence-electron chi connectivity index (χ2n) is 4.85. The monoisotopic (exact) mass is 271 g/mol. The number of carbonyl (C=O) groups is 1. The van der Waals surface area contributed by atoms with Gasteiger partial charge in [0.25, 0.3) is 0 Å². The van der Waals surface area contributed by atoms with E-state index in [1.807, 2.05) is 23.2 Å². The van der Waals surface area contributed by atoms with Crippen molar-refractivity contribution in [3.8, 4) is 0 Å². The summed E-state index contributed by atoms with van der Waals surface area (Å²) in [6.45, 7) is 1.52. The van der Waals surface area contributed by atoms with Crippen LogP contribution in [0.5, 0.6) is 0 Å². The Hall–Kier alpha value is -2.14. The lowest BCUT2D eigenvalue weighted by Gasteiger charge is -2.26. The Labute approximate surface area is 117 Å². The number of amides is 1. The molecule has 3 rings (SSSR count). The molecule has 1 amide bonds. The summed E-state index contributed by atoms with van der Waals surface area (Å²) < 4.78 is 4.89. The van der Waals surface area contributed by atoms with Gasteiger partial charge in [-0.15, -0.1) is 0 Å². The summed E-state index contributed by atoms with van der Waals surface area (Å²) in [4.78, 5) is 21.2. The van der Waals surface area contributed by atoms with Crippen molar-refractivity contribution >= 4 is 22.5 Å². The van der Waals surface area contributed by atoms with E-state index < -0.39 is 0 Å². The third-order valence-corrected chi connectivity index (χ3v) is 3.61. The molecule has 3 heterocycles. The van der Waals surface area contributed by atoms with Gasteiger partial charge in [-0.3, -0.25) is 9.78 Å². The van der Waals surface area contributed by atoms with Gasteiger partial charge in [-0.05, 0) is 24.1 Å². The SMILES string of the molecule is COCC(=O)N1CC=C(c2c[nH]c3cccnc23)CC1. The molecule has 0 saturated heterocycles. The van der Waals surface area contributed by atoms with E-state index in [0.29, 0.717) is 6.54 Å². The molecule has 0 unspecified atom stereocenters. The molecule has 5 heteroatoms. The van der Waals surface area contributed by atoms with Gasteiger partial charge in [-0.2, -0.15) is 0 Å². The van der Waals surface area contributed by atoms with E-state index in [1.165, 1.54) is 5.57 Å². The van der Waals surface area contributed by atoms with Gasteiger partial charge in [0.2, 0.25) is 5.91 Å². The molecule has 0 saturated carbocycles. The van der Waals surface area contributed by atoms with Crippen LogP contribution in [0.15, 0.2) is 30.6 Å². The topological polar surface area (TPSA) is 58.2 Å². The number of hydrogen-bond acceptors (Lipinski definition) is 3. The van der Waals surface area contributed by atoms with Crippen LogP contribution in [-0.2, 0) is 9.53 Å². The quantitative estimate of drug-likeness (QED) is 0.926. The molecule has 0 fully saturated rings. The minimum atomic E-state index is 0.0415. The number of pyridine rings is 1. The number of rotatable bonds is 3. The number of carbonyl (C=O) groups excluding carboxylic acids is 1. The fourth-order valence-electron chi connectivity index (χ4n) is 2.55. The zero-order valence-electron chi connectivity index (χ0n) is 11.4. The van der Waals surface area contributed by atoms with E-state index >= 15 is 0 Å². The fourth-order valence-corrected chi connectivity index (χ4v) is 2.55. The number of fused-ring (bicyclic) bond motifs is 1. The molecule has 1 aliphatic rings. The molecular weight excluding hydrogens is 254 g/mol. The normalized spacial score (nSPS) is 15.4. The Bertz CT molecular complexity index is 660. The Kier molecular flexibility index (Phi) is 3.52. The van der Waals surface area contributed by atoms with Crippen LogP contribution in [0.1, 0.15) is 12.0 Å². The number of hydrogen-bond donors (Lipinski definition) is 1. The van der Waals surface area contributed by atoms with Crippen molar-refractivity contribution in [1.29, 1.82) is 0 Å². The highest BCUT2D eigenvalue weighted by Crippen LogP contribution is 2.27. The predicted molar refractivity (Wildman–Crippen MR) is 77.1 cm³/mol. The van der Waals surface area contributed by atoms with Crippen LogP contribution in [0.2, 0.25) is 0 Å². The molecule has 0 bridgehead atoms. The molecule has 0 atom stereocenters. The fraction of sp³-hybridized carbons (Fsp3) is 0.333. The third kappa shape index (κ3) is 2.32. The number of aromatic amines is 1. The highest BCUT2D eigenvalue weighted by Gasteiger charge is 2.19. The lowest BCUT2D eigenvalue weighted by molar-refractivity contribution is -0.134. The number of aromatic nitrogens is 2. The van der Waals surface area contributed by atoms with Gasteiger partial charge in [0, 0.05) is 38.2 Å². The second-order valence-corrected chi connectivity index (χ2v) is 4.85. The van der Waals surface area contributed by atoms with Crippen LogP contribution in [0.4, 0.5) is 0 Å². The molecule has 5 nitrogen and oxygen atoms in total. The molecular formula is C15H17N3O2. The lowest BCUT2D eigenvalue weighted by Crippen LogP contribution is -2.36. The molecule has 0 radical (unpaired) electrons. The van der Waals surface area contributed by atoms with Crippen LogP contribution >= 0.6 is 0 Å². The largest absolute Gasteiger partial charge is 0.375 e. The van der Waals surface area contributed by atoms with E-state index in [-0.39, 0.29) is 12.5 Å². The maximum absolute atomic E-state index is 11.8. The predicted octanol–water partition coefficient (Wildman–Crippen LogP) is 1.82. The van der Waals surface area contributed by atoms with Gasteiger partial charge in [0.15, 0.2) is 0 Å². The van der Waals surface area contributed by atoms with Crippen LogP contribution < -0.4 is 0 Å². The summed E-state index contributed by atoms with van der Waals surface area (Å²) in [7, 11) is 1.54. The molecule has 104 valence electrons. The van der Waals surface area contributed by atoms with Crippen molar-refractivity contribution in [3.63, 3.8) is 0 Å². The summed E-state index contributed by atoms with van der Waals surface area (Å²) >= 11 is 0. The highest BCUT2D eigenvalue weighted by atomic mass is 16.5. The van der Waals surface area contributed by atoms with E-state index in [1.54, 1.807) is 13.3 Å². The molecule has 0 aromatic carbocycles. The molecule has 0 aliphatic carbocycles. The van der Waals surface area contributed by atoms with Crippen molar-refractivity contribution in [2.45, 2.75) is 6.42 Å². The zero-order chi connectivity index (χ0) is 13.9. The maximum atomic E-state index is 11.8. The van der Waals surface area contributed by atoms with Gasteiger partial charge in [-0.1, -0.05) is 6.08 Å². The summed E-state index contributed by atoms with van der Waals surface area (Å²) in [5.41, 5.74) is 4.42. The summed E-state index contributed by atoms with van der Waals surface area (Å²) in [5, 5.41) is 0. The summed E-state index contributed by atoms with van der Waals surface area (Å²) in [5.74, 6) is 0.0415. The summed E-state index contributed by atoms with van der Waals surface area (Å²) in [6, 6.07) is 3.94. The van der Waals surface area contributed by atoms with Crippen LogP contribution in [0.25, 0.3) is 16.6 Å². The van der Waals surface area contributed by atoms with Gasteiger partial charge in [-0.25, -0.2) is 0 Å². The number of nitrogens with zero attached hydrogens (tertiary/aromatic N) is 2. The van der Waals surface area contributed by atoms with Crippen LogP contribution in [-0.4, -0.2) is 47.6 Å². The Morgan fingerprint density at radius 2 is 2.45 bits per heavy atom. The second kappa shape index (κ2) is 5.46. The molecule has 20 heavy (non-hydrogen) atoms. The van der Waals surface area contributed by atoms with E-state index in [9.17, 15) is 4.79 Å². The average Bonchev–Trinajstić information content (AvgIpc) is 2.92. The molecule has 2 aromatic rings. The Morgan fingerprint density at radius 3 is 3.20 bits per heavy atom. The third-order valence-electron chi connectivity index (χ3n) is 3.61. The average molecular weight is 271 g/mol. The van der Waals surface area contributed by atoms with E-state index in [4.69, 9.17) is 4.74 Å². The van der Waals surface area contributed by atoms with Gasteiger partial charge < -0.3 is 14.6 Å². The van der Waals surface area contributed by atoms with Crippen LogP contribution in [0.3, 0.4) is 0 Å². The number of H-pyrrole nitrogens is 1. The number of nitrogens with one attached hydrogen (secondary N) is 1. The van der Waals surface area contributed by atoms with Gasteiger partial charge >= 0.3 is 0 Å². The zero-order valence-corrected chi connectivity index (χ0v) is 11.4. The van der Waals surface area contributed by atoms with Gasteiger partial charge in [0.1, 0.15) is 6.61 Å². The van der Waals surface area contributed by atoms with Crippen molar-refractivity contribution in [3.05, 3.63) is 36.2 Å². The lowest BCUT2D eigenvalue weighted by atomic mass is 10.0. The number of ether oxygens (including phenoxy) is 1. The standard InChI is InChI=1S/C15H17N3O2/c1-20-10-14(19)18-7-4-11(5-8-18)12-9-17-13-3-2-6-16-15(12)13/h2-4,6,9,17H,5,7-8,10H2,1H3. The van der Waals surface area contributed by atoms with Crippen molar-refractivity contribution < 1.29 is 9.53 Å². The van der Waals surface area contributed by atoms with Gasteiger partial charge in [0.05, 0.1) is 11.0 Å². The Balaban J connectivity index is 1.81. The van der Waals surface area contributed by atoms with E-state index in [0.717, 1.165) is 29.6 Å². The highest BCUT2D eigenvalue weighted by molar-refractivity contribution is 5.90. The number of methoxy groups -OCH3 is 1. The smallest absolute Gasteiger partial charge is 0.248 e. The van der Waals surface area contributed by atoms with Crippen molar-refractivity contribution in [2.24, 2.45) is 0 Å². The first-order chi connectivity index (χ1) is 9.79. The van der Waals surface area contributed by atoms with Crippen LogP contribution in [0, 0.1) is 0 Å². The maximum Gasteiger partial charge on any atom is 0.248 e. The first kappa shape index (κ1) is 12.9. The first-order valence-corrected chi connectivity index (χ1v) is 6.68. The minimum absolute atomic E-state index is 0.0415.